The number of hydrogen-bond donors (Lipinski definition) is 2. The minimum atomic E-state index is -3.35. The van der Waals surface area contributed by atoms with E-state index >= 15 is 0 Å². The molecule has 31 heavy (non-hydrogen) atoms. The standard InChI is InChI=1S/C20H18F2N6O2S/c1-25-28(17-5-3-4-16(21)18(17)22)20(27-24)15-10-13(11-26-19(15)23)12-6-8-14(9-7-12)31(2,29)30/h3-11H,1,24H2,2H3,(H2,23,26)/b27-20-. The van der Waals surface area contributed by atoms with Crippen molar-refractivity contribution >= 4 is 33.9 Å². The fraction of sp³-hybridized carbons (Fsp3) is 0.0500. The Hall–Kier alpha value is -3.86. The van der Waals surface area contributed by atoms with E-state index in [0.29, 0.717) is 11.1 Å². The number of benzene rings is 2. The molecule has 0 atom stereocenters. The molecular formula is C20H18F2N6O2S. The summed E-state index contributed by atoms with van der Waals surface area (Å²) in [6.07, 6.45) is 2.58. The van der Waals surface area contributed by atoms with Crippen LogP contribution in [0.1, 0.15) is 5.56 Å². The summed E-state index contributed by atoms with van der Waals surface area (Å²) in [5, 5.41) is 8.25. The van der Waals surface area contributed by atoms with Gasteiger partial charge in [0, 0.05) is 24.7 Å². The molecule has 160 valence electrons. The molecule has 0 unspecified atom stereocenters. The van der Waals surface area contributed by atoms with Crippen LogP contribution in [0.4, 0.5) is 20.3 Å². The number of hydrogen-bond acceptors (Lipinski definition) is 7. The molecule has 0 aliphatic heterocycles. The van der Waals surface area contributed by atoms with Crippen LogP contribution in [0.15, 0.2) is 69.8 Å². The highest BCUT2D eigenvalue weighted by molar-refractivity contribution is 7.90. The minimum Gasteiger partial charge on any atom is -0.383 e. The van der Waals surface area contributed by atoms with E-state index in [1.807, 2.05) is 0 Å². The van der Waals surface area contributed by atoms with E-state index in [9.17, 15) is 17.2 Å². The first-order valence-corrected chi connectivity index (χ1v) is 10.6. The Balaban J connectivity index is 2.09. The van der Waals surface area contributed by atoms with E-state index in [1.165, 1.54) is 30.5 Å². The van der Waals surface area contributed by atoms with Gasteiger partial charge in [-0.05, 0) is 35.9 Å². The number of aromatic nitrogens is 1. The average molecular weight is 444 g/mol. The molecule has 0 amide bonds. The van der Waals surface area contributed by atoms with Crippen LogP contribution in [0.25, 0.3) is 11.1 Å². The molecule has 0 radical (unpaired) electrons. The largest absolute Gasteiger partial charge is 0.383 e. The SMILES string of the molecule is C=NN(/C(=N\N)c1cc(-c2ccc(S(C)(=O)=O)cc2)cnc1N)c1cccc(F)c1F. The van der Waals surface area contributed by atoms with Crippen molar-refractivity contribution in [3.63, 3.8) is 0 Å². The second kappa shape index (κ2) is 8.48. The van der Waals surface area contributed by atoms with Gasteiger partial charge in [-0.1, -0.05) is 18.2 Å². The lowest BCUT2D eigenvalue weighted by molar-refractivity contribution is 0.509. The van der Waals surface area contributed by atoms with Gasteiger partial charge in [-0.3, -0.25) is 0 Å². The van der Waals surface area contributed by atoms with E-state index in [-0.39, 0.29) is 27.8 Å². The molecule has 3 aromatic rings. The highest BCUT2D eigenvalue weighted by atomic mass is 32.2. The Kier molecular flexibility index (Phi) is 5.97. The maximum absolute atomic E-state index is 14.3. The number of anilines is 2. The zero-order valence-corrected chi connectivity index (χ0v) is 17.1. The monoisotopic (exact) mass is 444 g/mol. The van der Waals surface area contributed by atoms with E-state index in [1.54, 1.807) is 18.2 Å². The first-order chi connectivity index (χ1) is 14.7. The zero-order chi connectivity index (χ0) is 22.8. The van der Waals surface area contributed by atoms with Gasteiger partial charge in [-0.25, -0.2) is 27.2 Å². The molecule has 0 saturated carbocycles. The summed E-state index contributed by atoms with van der Waals surface area (Å²) in [6.45, 7) is 3.38. The molecular weight excluding hydrogens is 426 g/mol. The Bertz CT molecular complexity index is 1280. The lowest BCUT2D eigenvalue weighted by atomic mass is 10.0. The van der Waals surface area contributed by atoms with Crippen molar-refractivity contribution < 1.29 is 17.2 Å². The normalized spacial score (nSPS) is 11.9. The summed E-state index contributed by atoms with van der Waals surface area (Å²) in [7, 11) is -3.35. The number of hydrazone groups is 2. The van der Waals surface area contributed by atoms with Crippen LogP contribution in [0.3, 0.4) is 0 Å². The number of amidine groups is 1. The highest BCUT2D eigenvalue weighted by Gasteiger charge is 2.23. The molecule has 4 N–H and O–H groups in total. The molecule has 0 saturated heterocycles. The van der Waals surface area contributed by atoms with Gasteiger partial charge in [0.25, 0.3) is 0 Å². The van der Waals surface area contributed by atoms with Crippen LogP contribution >= 0.6 is 0 Å². The summed E-state index contributed by atoms with van der Waals surface area (Å²) in [6, 6.07) is 11.2. The van der Waals surface area contributed by atoms with Crippen molar-refractivity contribution in [2.45, 2.75) is 4.90 Å². The summed E-state index contributed by atoms with van der Waals surface area (Å²) >= 11 is 0. The molecule has 1 aromatic heterocycles. The number of pyridine rings is 1. The van der Waals surface area contributed by atoms with E-state index in [4.69, 9.17) is 11.6 Å². The molecule has 0 aliphatic rings. The Morgan fingerprint density at radius 2 is 1.81 bits per heavy atom. The van der Waals surface area contributed by atoms with Crippen LogP contribution in [-0.2, 0) is 9.84 Å². The first kappa shape index (κ1) is 21.8. The van der Waals surface area contributed by atoms with Gasteiger partial charge in [-0.2, -0.15) is 10.2 Å². The quantitative estimate of drug-likeness (QED) is 0.270. The molecule has 8 nitrogen and oxygen atoms in total. The summed E-state index contributed by atoms with van der Waals surface area (Å²) < 4.78 is 51.4. The fourth-order valence-corrected chi connectivity index (χ4v) is 3.49. The Labute approximate surface area is 177 Å². The number of nitrogens with two attached hydrogens (primary N) is 2. The van der Waals surface area contributed by atoms with Crippen molar-refractivity contribution in [1.29, 1.82) is 0 Å². The first-order valence-electron chi connectivity index (χ1n) is 8.72. The van der Waals surface area contributed by atoms with Gasteiger partial charge in [0.15, 0.2) is 27.3 Å². The molecule has 0 aliphatic carbocycles. The van der Waals surface area contributed by atoms with Crippen LogP contribution in [0.5, 0.6) is 0 Å². The third-order valence-corrected chi connectivity index (χ3v) is 5.53. The second-order valence-electron chi connectivity index (χ2n) is 6.43. The minimum absolute atomic E-state index is 0.00571. The Morgan fingerprint density at radius 3 is 2.39 bits per heavy atom. The van der Waals surface area contributed by atoms with Gasteiger partial charge in [0.1, 0.15) is 11.5 Å². The van der Waals surface area contributed by atoms with Crippen molar-refractivity contribution in [1.82, 2.24) is 4.98 Å². The molecule has 2 aromatic carbocycles. The third-order valence-electron chi connectivity index (χ3n) is 4.40. The smallest absolute Gasteiger partial charge is 0.184 e. The van der Waals surface area contributed by atoms with Gasteiger partial charge in [0.2, 0.25) is 0 Å². The number of nitrogen functional groups attached to an aromatic ring is 1. The van der Waals surface area contributed by atoms with Crippen molar-refractivity contribution in [3.05, 3.63) is 71.9 Å². The highest BCUT2D eigenvalue weighted by Crippen LogP contribution is 2.28. The van der Waals surface area contributed by atoms with Gasteiger partial charge in [0.05, 0.1) is 10.5 Å². The van der Waals surface area contributed by atoms with Crippen LogP contribution in [0.2, 0.25) is 0 Å². The molecule has 0 fully saturated rings. The van der Waals surface area contributed by atoms with Crippen molar-refractivity contribution in [3.8, 4) is 11.1 Å². The zero-order valence-electron chi connectivity index (χ0n) is 16.3. The van der Waals surface area contributed by atoms with Crippen molar-refractivity contribution in [2.75, 3.05) is 17.0 Å². The second-order valence-corrected chi connectivity index (χ2v) is 8.45. The number of sulfone groups is 1. The average Bonchev–Trinajstić information content (AvgIpc) is 2.74. The molecule has 1 heterocycles. The van der Waals surface area contributed by atoms with E-state index in [0.717, 1.165) is 17.3 Å². The molecule has 11 heteroatoms. The van der Waals surface area contributed by atoms with Crippen LogP contribution in [-0.4, -0.2) is 32.2 Å². The predicted molar refractivity (Wildman–Crippen MR) is 116 cm³/mol. The number of halogens is 2. The van der Waals surface area contributed by atoms with Gasteiger partial charge < -0.3 is 11.6 Å². The van der Waals surface area contributed by atoms with Gasteiger partial charge in [-0.15, -0.1) is 0 Å². The maximum atomic E-state index is 14.3. The van der Waals surface area contributed by atoms with Crippen LogP contribution < -0.4 is 16.6 Å². The molecule has 0 bridgehead atoms. The number of rotatable bonds is 5. The fourth-order valence-electron chi connectivity index (χ4n) is 2.86. The van der Waals surface area contributed by atoms with Crippen molar-refractivity contribution in [2.24, 2.45) is 16.0 Å². The predicted octanol–water partition coefficient (Wildman–Crippen LogP) is 2.76. The summed E-state index contributed by atoms with van der Waals surface area (Å²) in [5.41, 5.74) is 7.07. The summed E-state index contributed by atoms with van der Waals surface area (Å²) in [5.74, 6) is 3.14. The topological polar surface area (TPSA) is 127 Å². The lowest BCUT2D eigenvalue weighted by Gasteiger charge is -2.21. The summed E-state index contributed by atoms with van der Waals surface area (Å²) in [4.78, 5) is 4.27. The maximum Gasteiger partial charge on any atom is 0.184 e. The number of nitrogens with zero attached hydrogens (tertiary/aromatic N) is 4. The van der Waals surface area contributed by atoms with E-state index in [2.05, 4.69) is 21.9 Å². The van der Waals surface area contributed by atoms with E-state index < -0.39 is 21.5 Å². The molecule has 0 spiro atoms. The Morgan fingerprint density at radius 1 is 1.13 bits per heavy atom. The third kappa shape index (κ3) is 4.36. The van der Waals surface area contributed by atoms with Crippen LogP contribution in [0, 0.1) is 11.6 Å². The van der Waals surface area contributed by atoms with Gasteiger partial charge >= 0.3 is 0 Å². The molecule has 3 rings (SSSR count). The lowest BCUT2D eigenvalue weighted by Crippen LogP contribution is -2.29.